The smallest absolute Gasteiger partial charge is 0.229 e. The van der Waals surface area contributed by atoms with Crippen molar-refractivity contribution in [1.82, 2.24) is 9.97 Å². The van der Waals surface area contributed by atoms with Gasteiger partial charge in [-0.1, -0.05) is 41.9 Å². The maximum absolute atomic E-state index is 6.14. The van der Waals surface area contributed by atoms with Gasteiger partial charge in [0, 0.05) is 36.9 Å². The normalized spacial score (nSPS) is 10.5. The average Bonchev–Trinajstić information content (AvgIpc) is 2.72. The third-order valence-electron chi connectivity index (χ3n) is 4.04. The molecule has 146 valence electrons. The summed E-state index contributed by atoms with van der Waals surface area (Å²) in [5.41, 5.74) is 2.52. The van der Waals surface area contributed by atoms with Crippen molar-refractivity contribution in [3.8, 4) is 17.0 Å². The van der Waals surface area contributed by atoms with Gasteiger partial charge in [0.2, 0.25) is 5.95 Å². The number of halogens is 1. The molecule has 6 nitrogen and oxygen atoms in total. The van der Waals surface area contributed by atoms with Gasteiger partial charge in [-0.25, -0.2) is 4.98 Å². The molecule has 0 bridgehead atoms. The van der Waals surface area contributed by atoms with Crippen LogP contribution in [0, 0.1) is 0 Å². The van der Waals surface area contributed by atoms with Crippen LogP contribution in [0.5, 0.6) is 5.75 Å². The highest BCUT2D eigenvalue weighted by molar-refractivity contribution is 6.31. The summed E-state index contributed by atoms with van der Waals surface area (Å²) in [6, 6.07) is 17.3. The van der Waals surface area contributed by atoms with Crippen molar-refractivity contribution in [1.29, 1.82) is 0 Å². The second-order valence-electron chi connectivity index (χ2n) is 6.07. The first-order valence-corrected chi connectivity index (χ1v) is 9.35. The summed E-state index contributed by atoms with van der Waals surface area (Å²) < 4.78 is 10.5. The van der Waals surface area contributed by atoms with E-state index in [9.17, 15) is 0 Å². The van der Waals surface area contributed by atoms with Gasteiger partial charge in [0.1, 0.15) is 11.6 Å². The van der Waals surface area contributed by atoms with Crippen LogP contribution in [-0.4, -0.2) is 37.3 Å². The molecule has 2 N–H and O–H groups in total. The van der Waals surface area contributed by atoms with E-state index in [2.05, 4.69) is 20.6 Å². The number of ether oxygens (including phenoxy) is 2. The van der Waals surface area contributed by atoms with Crippen molar-refractivity contribution in [2.75, 3.05) is 38.0 Å². The molecular formula is C21H23ClN4O2. The van der Waals surface area contributed by atoms with E-state index in [0.29, 0.717) is 29.0 Å². The molecule has 0 amide bonds. The van der Waals surface area contributed by atoms with E-state index in [1.807, 2.05) is 36.4 Å². The van der Waals surface area contributed by atoms with Crippen LogP contribution in [0.4, 0.5) is 17.5 Å². The van der Waals surface area contributed by atoms with Crippen molar-refractivity contribution in [3.63, 3.8) is 0 Å². The predicted octanol–water partition coefficient (Wildman–Crippen LogP) is 5.00. The Bertz CT molecular complexity index is 906. The van der Waals surface area contributed by atoms with Crippen LogP contribution < -0.4 is 15.4 Å². The van der Waals surface area contributed by atoms with Gasteiger partial charge < -0.3 is 20.1 Å². The van der Waals surface area contributed by atoms with Gasteiger partial charge >= 0.3 is 0 Å². The summed E-state index contributed by atoms with van der Waals surface area (Å²) >= 11 is 6.14. The molecule has 0 fully saturated rings. The van der Waals surface area contributed by atoms with Gasteiger partial charge in [-0.2, -0.15) is 4.98 Å². The second kappa shape index (κ2) is 9.92. The minimum atomic E-state index is 0.455. The van der Waals surface area contributed by atoms with Crippen LogP contribution in [0.15, 0.2) is 54.6 Å². The maximum Gasteiger partial charge on any atom is 0.229 e. The van der Waals surface area contributed by atoms with Crippen LogP contribution in [0.2, 0.25) is 5.02 Å². The lowest BCUT2D eigenvalue weighted by atomic mass is 10.1. The van der Waals surface area contributed by atoms with Crippen molar-refractivity contribution in [2.24, 2.45) is 0 Å². The van der Waals surface area contributed by atoms with Crippen molar-refractivity contribution in [3.05, 3.63) is 59.6 Å². The van der Waals surface area contributed by atoms with E-state index < -0.39 is 0 Å². The minimum absolute atomic E-state index is 0.455. The first-order valence-electron chi connectivity index (χ1n) is 8.97. The van der Waals surface area contributed by atoms with Gasteiger partial charge in [0.05, 0.1) is 18.5 Å². The quantitative estimate of drug-likeness (QED) is 0.494. The van der Waals surface area contributed by atoms with Crippen molar-refractivity contribution in [2.45, 2.75) is 6.42 Å². The molecule has 1 heterocycles. The van der Waals surface area contributed by atoms with Crippen LogP contribution in [0.1, 0.15) is 6.42 Å². The molecule has 3 aromatic rings. The highest BCUT2D eigenvalue weighted by atomic mass is 35.5. The number of aromatic nitrogens is 2. The van der Waals surface area contributed by atoms with Gasteiger partial charge in [-0.15, -0.1) is 0 Å². The third kappa shape index (κ3) is 5.34. The van der Waals surface area contributed by atoms with Crippen LogP contribution in [0.3, 0.4) is 0 Å². The Labute approximate surface area is 169 Å². The average molecular weight is 399 g/mol. The molecule has 0 aliphatic carbocycles. The molecule has 0 saturated heterocycles. The number of nitrogens with zero attached hydrogens (tertiary/aromatic N) is 2. The first-order chi connectivity index (χ1) is 13.7. The van der Waals surface area contributed by atoms with E-state index in [1.54, 1.807) is 32.4 Å². The van der Waals surface area contributed by atoms with Crippen molar-refractivity contribution >= 4 is 29.1 Å². The fraction of sp³-hybridized carbons (Fsp3) is 0.238. The fourth-order valence-electron chi connectivity index (χ4n) is 2.68. The summed E-state index contributed by atoms with van der Waals surface area (Å²) in [6.45, 7) is 1.44. The Morgan fingerprint density at radius 2 is 1.82 bits per heavy atom. The highest BCUT2D eigenvalue weighted by Gasteiger charge is 2.10. The monoisotopic (exact) mass is 398 g/mol. The number of hydrogen-bond acceptors (Lipinski definition) is 6. The zero-order valence-electron chi connectivity index (χ0n) is 15.9. The molecule has 0 atom stereocenters. The minimum Gasteiger partial charge on any atom is -0.495 e. The summed E-state index contributed by atoms with van der Waals surface area (Å²) in [6.07, 6.45) is 0.881. The second-order valence-corrected chi connectivity index (χ2v) is 6.51. The molecular weight excluding hydrogens is 376 g/mol. The number of nitrogens with one attached hydrogen (secondary N) is 2. The lowest BCUT2D eigenvalue weighted by molar-refractivity contribution is 0.198. The van der Waals surface area contributed by atoms with E-state index in [0.717, 1.165) is 30.0 Å². The topological polar surface area (TPSA) is 68.3 Å². The first kappa shape index (κ1) is 19.9. The molecule has 3 rings (SSSR count). The van der Waals surface area contributed by atoms with Crippen LogP contribution in [0.25, 0.3) is 11.3 Å². The lowest BCUT2D eigenvalue weighted by Gasteiger charge is -2.13. The molecule has 2 aromatic carbocycles. The number of rotatable bonds is 9. The van der Waals surface area contributed by atoms with Gasteiger partial charge in [0.15, 0.2) is 0 Å². The largest absolute Gasteiger partial charge is 0.495 e. The van der Waals surface area contributed by atoms with Crippen molar-refractivity contribution < 1.29 is 9.47 Å². The summed E-state index contributed by atoms with van der Waals surface area (Å²) in [5.74, 6) is 1.84. The Kier molecular flexibility index (Phi) is 7.06. The zero-order valence-corrected chi connectivity index (χ0v) is 16.7. The number of hydrogen-bond donors (Lipinski definition) is 2. The van der Waals surface area contributed by atoms with Crippen LogP contribution in [-0.2, 0) is 4.74 Å². The highest BCUT2D eigenvalue weighted by Crippen LogP contribution is 2.30. The lowest BCUT2D eigenvalue weighted by Crippen LogP contribution is -2.08. The SMILES string of the molecule is COCCCNc1cc(-c2ccccc2)nc(Nc2cc(Cl)ccc2OC)n1. The van der Waals surface area contributed by atoms with Gasteiger partial charge in [-0.05, 0) is 24.6 Å². The molecule has 0 spiro atoms. The fourth-order valence-corrected chi connectivity index (χ4v) is 2.85. The molecule has 0 aliphatic heterocycles. The summed E-state index contributed by atoms with van der Waals surface area (Å²) in [5, 5.41) is 7.15. The number of methoxy groups -OCH3 is 2. The maximum atomic E-state index is 6.14. The van der Waals surface area contributed by atoms with Gasteiger partial charge in [-0.3, -0.25) is 0 Å². The van der Waals surface area contributed by atoms with E-state index in [4.69, 9.17) is 21.1 Å². The van der Waals surface area contributed by atoms with Crippen LogP contribution >= 0.6 is 11.6 Å². The van der Waals surface area contributed by atoms with Gasteiger partial charge in [0.25, 0.3) is 0 Å². The molecule has 0 unspecified atom stereocenters. The van der Waals surface area contributed by atoms with E-state index >= 15 is 0 Å². The summed E-state index contributed by atoms with van der Waals surface area (Å²) in [4.78, 5) is 9.25. The Morgan fingerprint density at radius 1 is 1.00 bits per heavy atom. The Hall–Kier alpha value is -2.83. The third-order valence-corrected chi connectivity index (χ3v) is 4.27. The molecule has 28 heavy (non-hydrogen) atoms. The number of benzene rings is 2. The molecule has 0 radical (unpaired) electrons. The van der Waals surface area contributed by atoms with E-state index in [1.165, 1.54) is 0 Å². The van der Waals surface area contributed by atoms with E-state index in [-0.39, 0.29) is 0 Å². The molecule has 7 heteroatoms. The molecule has 0 aliphatic rings. The predicted molar refractivity (Wildman–Crippen MR) is 114 cm³/mol. The Morgan fingerprint density at radius 3 is 2.57 bits per heavy atom. The molecule has 0 saturated carbocycles. The Balaban J connectivity index is 1.92. The number of anilines is 3. The summed E-state index contributed by atoms with van der Waals surface area (Å²) in [7, 11) is 3.30. The zero-order chi connectivity index (χ0) is 19.8. The molecule has 1 aromatic heterocycles. The standard InChI is InChI=1S/C21H23ClN4O2/c1-27-12-6-11-23-20-14-17(15-7-4-3-5-8-15)24-21(26-20)25-18-13-16(22)9-10-19(18)28-2/h3-5,7-10,13-14H,6,11-12H2,1-2H3,(H2,23,24,25,26).